The fourth-order valence-corrected chi connectivity index (χ4v) is 2.91. The average Bonchev–Trinajstić information content (AvgIpc) is 3.05. The largest absolute Gasteiger partial charge is 0.549 e. The second-order valence-electron chi connectivity index (χ2n) is 5.08. The normalized spacial score (nSPS) is 10.2. The van der Waals surface area contributed by atoms with Crippen LogP contribution in [0.1, 0.15) is 21.6 Å². The number of hydrogen-bond acceptors (Lipinski definition) is 7. The van der Waals surface area contributed by atoms with Crippen molar-refractivity contribution < 1.29 is 19.1 Å². The van der Waals surface area contributed by atoms with Crippen LogP contribution in [-0.2, 0) is 4.79 Å². The quantitative estimate of drug-likeness (QED) is 0.746. The Balaban J connectivity index is 2.75. The standard InChI is InChI=1S/C16H15N3O4S/c1-9-13(16(22)19(2)3)14(11-5-4-6-23-11)10(7-17)15(18-9)24-8-12(20)21/h4-6H,8H2,1-3H3,(H,20,21)/p-1. The molecule has 0 saturated carbocycles. The van der Waals surface area contributed by atoms with Crippen LogP contribution in [0.25, 0.3) is 11.3 Å². The lowest BCUT2D eigenvalue weighted by Gasteiger charge is -2.18. The van der Waals surface area contributed by atoms with Gasteiger partial charge in [0.15, 0.2) is 0 Å². The predicted octanol–water partition coefficient (Wildman–Crippen LogP) is 1.07. The lowest BCUT2D eigenvalue weighted by atomic mass is 9.98. The molecule has 7 nitrogen and oxygen atoms in total. The first-order chi connectivity index (χ1) is 11.4. The van der Waals surface area contributed by atoms with E-state index in [-0.39, 0.29) is 27.8 Å². The summed E-state index contributed by atoms with van der Waals surface area (Å²) in [7, 11) is 3.19. The topological polar surface area (TPSA) is 110 Å². The zero-order chi connectivity index (χ0) is 17.9. The number of nitrogens with zero attached hydrogens (tertiary/aromatic N) is 3. The zero-order valence-electron chi connectivity index (χ0n) is 13.3. The van der Waals surface area contributed by atoms with Crippen LogP contribution in [0, 0.1) is 18.3 Å². The molecule has 0 fully saturated rings. The number of amides is 1. The molecule has 0 saturated heterocycles. The highest BCUT2D eigenvalue weighted by Crippen LogP contribution is 2.35. The molecule has 0 unspecified atom stereocenters. The van der Waals surface area contributed by atoms with Crippen molar-refractivity contribution >= 4 is 23.6 Å². The minimum absolute atomic E-state index is 0.104. The third-order valence-electron chi connectivity index (χ3n) is 3.17. The number of carboxylic acid groups (broad SMARTS) is 1. The van der Waals surface area contributed by atoms with Crippen LogP contribution in [0.15, 0.2) is 27.8 Å². The van der Waals surface area contributed by atoms with Gasteiger partial charge in [0.2, 0.25) is 0 Å². The van der Waals surface area contributed by atoms with Gasteiger partial charge >= 0.3 is 0 Å². The first-order valence-electron chi connectivity index (χ1n) is 6.89. The second kappa shape index (κ2) is 7.19. The number of carboxylic acids is 1. The Labute approximate surface area is 142 Å². The van der Waals surface area contributed by atoms with Gasteiger partial charge in [0.1, 0.15) is 16.9 Å². The number of carbonyl (C=O) groups excluding carboxylic acids is 2. The zero-order valence-corrected chi connectivity index (χ0v) is 14.1. The molecule has 2 aromatic heterocycles. The molecule has 24 heavy (non-hydrogen) atoms. The molecule has 2 rings (SSSR count). The SMILES string of the molecule is Cc1nc(SCC(=O)[O-])c(C#N)c(-c2ccco2)c1C(=O)N(C)C. The number of hydrogen-bond donors (Lipinski definition) is 0. The van der Waals surface area contributed by atoms with Gasteiger partial charge in [0.05, 0.1) is 34.6 Å². The number of aryl methyl sites for hydroxylation is 1. The van der Waals surface area contributed by atoms with Gasteiger partial charge < -0.3 is 19.2 Å². The molecule has 0 bridgehead atoms. The number of nitriles is 1. The van der Waals surface area contributed by atoms with Crippen molar-refractivity contribution in [1.82, 2.24) is 9.88 Å². The van der Waals surface area contributed by atoms with E-state index in [2.05, 4.69) is 4.98 Å². The lowest BCUT2D eigenvalue weighted by molar-refractivity contribution is -0.301. The molecule has 0 atom stereocenters. The van der Waals surface area contributed by atoms with Gasteiger partial charge in [-0.3, -0.25) is 4.79 Å². The van der Waals surface area contributed by atoms with E-state index in [1.54, 1.807) is 33.2 Å². The third kappa shape index (κ3) is 3.41. The Hall–Kier alpha value is -2.79. The Morgan fingerprint density at radius 1 is 1.46 bits per heavy atom. The summed E-state index contributed by atoms with van der Waals surface area (Å²) in [5, 5.41) is 20.5. The van der Waals surface area contributed by atoms with E-state index >= 15 is 0 Å². The number of rotatable bonds is 5. The van der Waals surface area contributed by atoms with Crippen molar-refractivity contribution in [3.05, 3.63) is 35.2 Å². The van der Waals surface area contributed by atoms with Gasteiger partial charge in [-0.05, 0) is 19.1 Å². The molecule has 0 aromatic carbocycles. The lowest BCUT2D eigenvalue weighted by Crippen LogP contribution is -2.25. The van der Waals surface area contributed by atoms with Gasteiger partial charge in [-0.1, -0.05) is 11.8 Å². The van der Waals surface area contributed by atoms with E-state index in [9.17, 15) is 20.0 Å². The van der Waals surface area contributed by atoms with Gasteiger partial charge in [0, 0.05) is 19.8 Å². The molecule has 124 valence electrons. The first-order valence-corrected chi connectivity index (χ1v) is 7.88. The summed E-state index contributed by atoms with van der Waals surface area (Å²) in [5.74, 6) is -1.59. The van der Waals surface area contributed by atoms with Crippen LogP contribution < -0.4 is 5.11 Å². The minimum Gasteiger partial charge on any atom is -0.549 e. The van der Waals surface area contributed by atoms with E-state index in [1.165, 1.54) is 11.2 Å². The molecule has 0 N–H and O–H groups in total. The molecule has 0 aliphatic heterocycles. The maximum absolute atomic E-state index is 12.6. The summed E-state index contributed by atoms with van der Waals surface area (Å²) >= 11 is 0.872. The summed E-state index contributed by atoms with van der Waals surface area (Å²) in [5.41, 5.74) is 1.06. The van der Waals surface area contributed by atoms with Crippen molar-refractivity contribution in [3.63, 3.8) is 0 Å². The molecule has 1 amide bonds. The molecule has 2 aromatic rings. The van der Waals surface area contributed by atoms with E-state index < -0.39 is 5.97 Å². The van der Waals surface area contributed by atoms with Crippen LogP contribution >= 0.6 is 11.8 Å². The van der Waals surface area contributed by atoms with E-state index in [0.29, 0.717) is 17.0 Å². The summed E-state index contributed by atoms with van der Waals surface area (Å²) < 4.78 is 5.38. The van der Waals surface area contributed by atoms with Crippen LogP contribution in [0.3, 0.4) is 0 Å². The molecule has 2 heterocycles. The van der Waals surface area contributed by atoms with Gasteiger partial charge in [-0.15, -0.1) is 0 Å². The Bertz CT molecular complexity index is 823. The molecular formula is C16H14N3O4S-. The van der Waals surface area contributed by atoms with Crippen LogP contribution in [0.2, 0.25) is 0 Å². The predicted molar refractivity (Wildman–Crippen MR) is 85.1 cm³/mol. The number of pyridine rings is 1. The number of furan rings is 1. The highest BCUT2D eigenvalue weighted by molar-refractivity contribution is 7.99. The molecular weight excluding hydrogens is 330 g/mol. The van der Waals surface area contributed by atoms with Gasteiger partial charge in [-0.25, -0.2) is 4.98 Å². The third-order valence-corrected chi connectivity index (χ3v) is 4.12. The summed E-state index contributed by atoms with van der Waals surface area (Å²) in [4.78, 5) is 28.9. The molecule has 0 radical (unpaired) electrons. The summed E-state index contributed by atoms with van der Waals surface area (Å²) in [6.07, 6.45) is 1.43. The van der Waals surface area contributed by atoms with E-state index in [0.717, 1.165) is 11.8 Å². The maximum Gasteiger partial charge on any atom is 0.255 e. The first kappa shape index (κ1) is 17.6. The molecule has 0 aliphatic carbocycles. The van der Waals surface area contributed by atoms with Gasteiger partial charge in [-0.2, -0.15) is 5.26 Å². The Morgan fingerprint density at radius 2 is 2.17 bits per heavy atom. The van der Waals surface area contributed by atoms with Crippen LogP contribution in [0.5, 0.6) is 0 Å². The van der Waals surface area contributed by atoms with E-state index in [1.807, 2.05) is 6.07 Å². The highest BCUT2D eigenvalue weighted by Gasteiger charge is 2.26. The smallest absolute Gasteiger partial charge is 0.255 e. The van der Waals surface area contributed by atoms with E-state index in [4.69, 9.17) is 4.42 Å². The minimum atomic E-state index is -1.27. The summed E-state index contributed by atoms with van der Waals surface area (Å²) in [6.45, 7) is 1.63. The Morgan fingerprint density at radius 3 is 2.67 bits per heavy atom. The van der Waals surface area contributed by atoms with Gasteiger partial charge in [0.25, 0.3) is 5.91 Å². The number of carbonyl (C=O) groups is 2. The van der Waals surface area contributed by atoms with Crippen molar-refractivity contribution in [2.45, 2.75) is 11.9 Å². The van der Waals surface area contributed by atoms with Crippen molar-refractivity contribution in [2.75, 3.05) is 19.8 Å². The van der Waals surface area contributed by atoms with Crippen molar-refractivity contribution in [2.24, 2.45) is 0 Å². The average molecular weight is 344 g/mol. The second-order valence-corrected chi connectivity index (χ2v) is 6.04. The van der Waals surface area contributed by atoms with Crippen molar-refractivity contribution in [3.8, 4) is 17.4 Å². The molecule has 0 aliphatic rings. The summed E-state index contributed by atoms with van der Waals surface area (Å²) in [6, 6.07) is 5.29. The van der Waals surface area contributed by atoms with Crippen molar-refractivity contribution in [1.29, 1.82) is 5.26 Å². The maximum atomic E-state index is 12.6. The number of aliphatic carboxylic acids is 1. The molecule has 0 spiro atoms. The van der Waals surface area contributed by atoms with Crippen LogP contribution in [0.4, 0.5) is 0 Å². The highest BCUT2D eigenvalue weighted by atomic mass is 32.2. The fraction of sp³-hybridized carbons (Fsp3) is 0.250. The van der Waals surface area contributed by atoms with Crippen LogP contribution in [-0.4, -0.2) is 41.6 Å². The number of thioether (sulfide) groups is 1. The number of aromatic nitrogens is 1. The fourth-order valence-electron chi connectivity index (χ4n) is 2.16. The monoisotopic (exact) mass is 344 g/mol. The molecule has 8 heteroatoms. The Kier molecular flexibility index (Phi) is 5.26.